The van der Waals surface area contributed by atoms with Gasteiger partial charge in [0.2, 0.25) is 0 Å². The van der Waals surface area contributed by atoms with Crippen LogP contribution < -0.4 is 20.3 Å². The lowest BCUT2D eigenvalue weighted by molar-refractivity contribution is 0.408. The van der Waals surface area contributed by atoms with Crippen LogP contribution in [0.25, 0.3) is 0 Å². The molecule has 0 atom stereocenters. The van der Waals surface area contributed by atoms with Gasteiger partial charge in [-0.25, -0.2) is 9.98 Å². The molecule has 28 heavy (non-hydrogen) atoms. The largest absolute Gasteiger partial charge is 0.496 e. The molecule has 1 saturated heterocycles. The number of hydrogen-bond donors (Lipinski definition) is 2. The molecule has 6 heteroatoms. The smallest absolute Gasteiger partial charge is 0.191 e. The van der Waals surface area contributed by atoms with Crippen molar-refractivity contribution in [3.63, 3.8) is 0 Å². The quantitative estimate of drug-likeness (QED) is 0.569. The number of aryl methyl sites for hydroxylation is 1. The topological polar surface area (TPSA) is 61.8 Å². The molecule has 6 nitrogen and oxygen atoms in total. The van der Waals surface area contributed by atoms with Crippen LogP contribution in [0.5, 0.6) is 5.75 Å². The number of methoxy groups -OCH3 is 1. The maximum Gasteiger partial charge on any atom is 0.191 e. The molecular formula is C22H31N5O. The summed E-state index contributed by atoms with van der Waals surface area (Å²) in [6.45, 7) is 8.41. The van der Waals surface area contributed by atoms with Gasteiger partial charge >= 0.3 is 0 Å². The van der Waals surface area contributed by atoms with E-state index in [0.717, 1.165) is 48.3 Å². The minimum Gasteiger partial charge on any atom is -0.496 e. The molecule has 150 valence electrons. The van der Waals surface area contributed by atoms with E-state index >= 15 is 0 Å². The summed E-state index contributed by atoms with van der Waals surface area (Å²) in [4.78, 5) is 11.6. The number of aromatic nitrogens is 1. The minimum absolute atomic E-state index is 0.591. The van der Waals surface area contributed by atoms with Crippen molar-refractivity contribution >= 4 is 11.8 Å². The standard InChI is InChI=1S/C22H31N5O/c1-4-23-22(26-16-19-9-7-17(2)13-20(19)28-3)25-15-18-8-10-21(24-14-18)27-11-5-6-12-27/h7-10,13-14H,4-6,11-12,15-16H2,1-3H3,(H2,23,25,26). The Kier molecular flexibility index (Phi) is 7.12. The van der Waals surface area contributed by atoms with E-state index in [9.17, 15) is 0 Å². The monoisotopic (exact) mass is 381 g/mol. The number of aliphatic imine (C=N–C) groups is 1. The summed E-state index contributed by atoms with van der Waals surface area (Å²) in [6.07, 6.45) is 4.46. The van der Waals surface area contributed by atoms with Gasteiger partial charge in [-0.1, -0.05) is 18.2 Å². The first-order valence-electron chi connectivity index (χ1n) is 10.0. The van der Waals surface area contributed by atoms with Gasteiger partial charge in [0.15, 0.2) is 5.96 Å². The molecule has 1 aliphatic rings. The Bertz CT molecular complexity index is 782. The van der Waals surface area contributed by atoms with Crippen molar-refractivity contribution < 1.29 is 4.74 Å². The highest BCUT2D eigenvalue weighted by molar-refractivity contribution is 5.79. The lowest BCUT2D eigenvalue weighted by atomic mass is 10.1. The van der Waals surface area contributed by atoms with Crippen molar-refractivity contribution in [1.82, 2.24) is 15.6 Å². The summed E-state index contributed by atoms with van der Waals surface area (Å²) in [5.74, 6) is 2.75. The van der Waals surface area contributed by atoms with Gasteiger partial charge in [-0.15, -0.1) is 0 Å². The van der Waals surface area contributed by atoms with E-state index in [2.05, 4.69) is 64.7 Å². The van der Waals surface area contributed by atoms with Crippen LogP contribution in [-0.2, 0) is 13.1 Å². The molecule has 0 aliphatic carbocycles. The number of hydrogen-bond acceptors (Lipinski definition) is 4. The zero-order chi connectivity index (χ0) is 19.8. The molecule has 2 aromatic rings. The highest BCUT2D eigenvalue weighted by Crippen LogP contribution is 2.20. The highest BCUT2D eigenvalue weighted by atomic mass is 16.5. The highest BCUT2D eigenvalue weighted by Gasteiger charge is 2.13. The van der Waals surface area contributed by atoms with Gasteiger partial charge in [-0.05, 0) is 49.9 Å². The third-order valence-electron chi connectivity index (χ3n) is 4.89. The molecule has 0 radical (unpaired) electrons. The van der Waals surface area contributed by atoms with Crippen LogP contribution in [0.15, 0.2) is 41.5 Å². The summed E-state index contributed by atoms with van der Waals surface area (Å²) >= 11 is 0. The predicted octanol–water partition coefficient (Wildman–Crippen LogP) is 3.25. The average Bonchev–Trinajstić information content (AvgIpc) is 3.26. The van der Waals surface area contributed by atoms with Gasteiger partial charge in [0.05, 0.1) is 13.7 Å². The Hall–Kier alpha value is -2.76. The molecule has 2 heterocycles. The number of benzene rings is 1. The van der Waals surface area contributed by atoms with Crippen LogP contribution in [0.1, 0.15) is 36.5 Å². The molecule has 3 rings (SSSR count). The fourth-order valence-electron chi connectivity index (χ4n) is 3.33. The van der Waals surface area contributed by atoms with E-state index in [1.165, 1.54) is 18.4 Å². The lowest BCUT2D eigenvalue weighted by Crippen LogP contribution is -2.36. The second kappa shape index (κ2) is 9.97. The third-order valence-corrected chi connectivity index (χ3v) is 4.89. The van der Waals surface area contributed by atoms with Gasteiger partial charge in [0.1, 0.15) is 11.6 Å². The van der Waals surface area contributed by atoms with E-state index in [4.69, 9.17) is 9.73 Å². The first-order valence-corrected chi connectivity index (χ1v) is 10.0. The first-order chi connectivity index (χ1) is 13.7. The Morgan fingerprint density at radius 3 is 2.68 bits per heavy atom. The third kappa shape index (κ3) is 5.38. The fourth-order valence-corrected chi connectivity index (χ4v) is 3.33. The summed E-state index contributed by atoms with van der Waals surface area (Å²) < 4.78 is 5.49. The Balaban J connectivity index is 1.60. The number of guanidine groups is 1. The minimum atomic E-state index is 0.591. The van der Waals surface area contributed by atoms with Crippen LogP contribution >= 0.6 is 0 Å². The lowest BCUT2D eigenvalue weighted by Gasteiger charge is -2.16. The maximum atomic E-state index is 5.49. The van der Waals surface area contributed by atoms with Crippen molar-refractivity contribution in [1.29, 1.82) is 0 Å². The SMILES string of the molecule is CCNC(=NCc1ccc(N2CCCC2)nc1)NCc1ccc(C)cc1OC. The van der Waals surface area contributed by atoms with Crippen LogP contribution in [0.4, 0.5) is 5.82 Å². The molecule has 0 spiro atoms. The number of anilines is 1. The van der Waals surface area contributed by atoms with Gasteiger partial charge < -0.3 is 20.3 Å². The zero-order valence-electron chi connectivity index (χ0n) is 17.2. The second-order valence-electron chi connectivity index (χ2n) is 7.08. The molecular weight excluding hydrogens is 350 g/mol. The molecule has 0 amide bonds. The molecule has 1 aromatic carbocycles. The summed E-state index contributed by atoms with van der Waals surface area (Å²) in [5, 5.41) is 6.69. The molecule has 2 N–H and O–H groups in total. The normalized spacial score (nSPS) is 14.2. The molecule has 1 aromatic heterocycles. The molecule has 1 aliphatic heterocycles. The van der Waals surface area contributed by atoms with Crippen molar-refractivity contribution in [2.75, 3.05) is 31.6 Å². The van der Waals surface area contributed by atoms with E-state index in [1.54, 1.807) is 7.11 Å². The number of ether oxygens (including phenoxy) is 1. The number of rotatable bonds is 7. The van der Waals surface area contributed by atoms with Gasteiger partial charge in [-0.2, -0.15) is 0 Å². The van der Waals surface area contributed by atoms with Crippen molar-refractivity contribution in [2.24, 2.45) is 4.99 Å². The Labute approximate surface area is 168 Å². The molecule has 0 bridgehead atoms. The van der Waals surface area contributed by atoms with Crippen molar-refractivity contribution in [3.05, 3.63) is 53.2 Å². The van der Waals surface area contributed by atoms with Gasteiger partial charge in [0, 0.05) is 37.9 Å². The summed E-state index contributed by atoms with van der Waals surface area (Å²) in [7, 11) is 1.70. The average molecular weight is 382 g/mol. The number of pyridine rings is 1. The molecule has 0 saturated carbocycles. The van der Waals surface area contributed by atoms with E-state index in [1.807, 2.05) is 6.20 Å². The zero-order valence-corrected chi connectivity index (χ0v) is 17.2. The first kappa shape index (κ1) is 20.0. The molecule has 0 unspecified atom stereocenters. The van der Waals surface area contributed by atoms with E-state index < -0.39 is 0 Å². The van der Waals surface area contributed by atoms with Crippen molar-refractivity contribution in [2.45, 2.75) is 39.8 Å². The van der Waals surface area contributed by atoms with Crippen LogP contribution in [-0.4, -0.2) is 37.7 Å². The van der Waals surface area contributed by atoms with Gasteiger partial charge in [-0.3, -0.25) is 0 Å². The fraction of sp³-hybridized carbons (Fsp3) is 0.455. The van der Waals surface area contributed by atoms with Crippen molar-refractivity contribution in [3.8, 4) is 5.75 Å². The Morgan fingerprint density at radius 2 is 2.00 bits per heavy atom. The second-order valence-corrected chi connectivity index (χ2v) is 7.08. The Morgan fingerprint density at radius 1 is 1.18 bits per heavy atom. The van der Waals surface area contributed by atoms with E-state index in [-0.39, 0.29) is 0 Å². The van der Waals surface area contributed by atoms with Gasteiger partial charge in [0.25, 0.3) is 0 Å². The predicted molar refractivity (Wildman–Crippen MR) is 115 cm³/mol. The summed E-state index contributed by atoms with van der Waals surface area (Å²) in [6, 6.07) is 10.5. The number of nitrogens with one attached hydrogen (secondary N) is 2. The van der Waals surface area contributed by atoms with Crippen LogP contribution in [0.2, 0.25) is 0 Å². The maximum absolute atomic E-state index is 5.49. The van der Waals surface area contributed by atoms with E-state index in [0.29, 0.717) is 13.1 Å². The summed E-state index contributed by atoms with van der Waals surface area (Å²) in [5.41, 5.74) is 3.40. The number of nitrogens with zero attached hydrogens (tertiary/aromatic N) is 3. The molecule has 1 fully saturated rings. The van der Waals surface area contributed by atoms with Crippen LogP contribution in [0, 0.1) is 6.92 Å². The van der Waals surface area contributed by atoms with Crippen LogP contribution in [0.3, 0.4) is 0 Å².